The van der Waals surface area contributed by atoms with Gasteiger partial charge in [0.15, 0.2) is 0 Å². The van der Waals surface area contributed by atoms with Gasteiger partial charge in [-0.2, -0.15) is 0 Å². The van der Waals surface area contributed by atoms with Gasteiger partial charge in [-0.3, -0.25) is 0 Å². The van der Waals surface area contributed by atoms with E-state index in [0.717, 1.165) is 19.2 Å². The number of nitrogens with one attached hydrogen (secondary N) is 2. The van der Waals surface area contributed by atoms with E-state index in [1.54, 1.807) is 0 Å². The van der Waals surface area contributed by atoms with Crippen molar-refractivity contribution in [3.63, 3.8) is 0 Å². The summed E-state index contributed by atoms with van der Waals surface area (Å²) in [6.07, 6.45) is 6.50. The van der Waals surface area contributed by atoms with Crippen LogP contribution in [0.1, 0.15) is 32.1 Å². The summed E-state index contributed by atoms with van der Waals surface area (Å²) in [6.45, 7) is 3.23. The fraction of sp³-hybridized carbons (Fsp3) is 1.00. The molecule has 2 N–H and O–H groups in total. The van der Waals surface area contributed by atoms with Crippen LogP contribution in [-0.2, 0) is 4.74 Å². The maximum absolute atomic E-state index is 5.35. The van der Waals surface area contributed by atoms with Gasteiger partial charge in [0.25, 0.3) is 0 Å². The smallest absolute Gasteiger partial charge is 0.0645 e. The first kappa shape index (κ1) is 10.4. The minimum atomic E-state index is 0.275. The van der Waals surface area contributed by atoms with E-state index < -0.39 is 0 Å². The molecule has 0 radical (unpaired) electrons. The van der Waals surface area contributed by atoms with E-state index in [0.29, 0.717) is 0 Å². The average molecular weight is 198 g/mol. The molecule has 2 aliphatic heterocycles. The third-order valence-electron chi connectivity index (χ3n) is 3.55. The molecular formula is C11H22N2O. The quantitative estimate of drug-likeness (QED) is 0.704. The maximum Gasteiger partial charge on any atom is 0.0645 e. The minimum absolute atomic E-state index is 0.275. The van der Waals surface area contributed by atoms with Crippen LogP contribution in [0, 0.1) is 0 Å². The van der Waals surface area contributed by atoms with Gasteiger partial charge in [0.1, 0.15) is 0 Å². The van der Waals surface area contributed by atoms with E-state index in [1.165, 1.54) is 38.6 Å². The molecule has 14 heavy (non-hydrogen) atoms. The third kappa shape index (κ3) is 2.27. The fourth-order valence-corrected chi connectivity index (χ4v) is 2.90. The molecule has 0 amide bonds. The van der Waals surface area contributed by atoms with Crippen molar-refractivity contribution in [3.8, 4) is 0 Å². The Balaban J connectivity index is 1.89. The highest BCUT2D eigenvalue weighted by Crippen LogP contribution is 2.27. The van der Waals surface area contributed by atoms with Crippen LogP contribution in [0.3, 0.4) is 0 Å². The molecule has 2 rings (SSSR count). The first-order valence-electron chi connectivity index (χ1n) is 5.82. The predicted molar refractivity (Wildman–Crippen MR) is 57.5 cm³/mol. The predicted octanol–water partition coefficient (Wildman–Crippen LogP) is 0.897. The summed E-state index contributed by atoms with van der Waals surface area (Å²) in [6, 6.07) is 0.718. The Morgan fingerprint density at radius 3 is 2.86 bits per heavy atom. The van der Waals surface area contributed by atoms with Gasteiger partial charge in [-0.25, -0.2) is 0 Å². The molecule has 2 saturated heterocycles. The van der Waals surface area contributed by atoms with Gasteiger partial charge in [-0.15, -0.1) is 0 Å². The molecule has 2 aliphatic rings. The van der Waals surface area contributed by atoms with Crippen LogP contribution < -0.4 is 10.6 Å². The van der Waals surface area contributed by atoms with Gasteiger partial charge in [0.05, 0.1) is 6.61 Å². The number of methoxy groups -OCH3 is 1. The Labute approximate surface area is 86.6 Å². The van der Waals surface area contributed by atoms with Crippen LogP contribution in [0.5, 0.6) is 0 Å². The standard InChI is InChI=1S/C11H22N2O/c1-14-9-11(5-3-7-13-11)8-10-4-2-6-12-10/h10,12-13H,2-9H2,1H3. The monoisotopic (exact) mass is 198 g/mol. The maximum atomic E-state index is 5.35. The molecule has 0 aliphatic carbocycles. The van der Waals surface area contributed by atoms with Crippen molar-refractivity contribution in [2.75, 3.05) is 26.8 Å². The van der Waals surface area contributed by atoms with Gasteiger partial charge < -0.3 is 15.4 Å². The lowest BCUT2D eigenvalue weighted by Gasteiger charge is -2.31. The topological polar surface area (TPSA) is 33.3 Å². The number of rotatable bonds is 4. The molecule has 2 heterocycles. The van der Waals surface area contributed by atoms with Gasteiger partial charge in [-0.1, -0.05) is 0 Å². The zero-order valence-corrected chi connectivity index (χ0v) is 9.14. The van der Waals surface area contributed by atoms with Gasteiger partial charge in [-0.05, 0) is 45.2 Å². The molecule has 82 valence electrons. The minimum Gasteiger partial charge on any atom is -0.383 e. The second-order valence-corrected chi connectivity index (χ2v) is 4.74. The highest BCUT2D eigenvalue weighted by atomic mass is 16.5. The Morgan fingerprint density at radius 2 is 2.29 bits per heavy atom. The SMILES string of the molecule is COCC1(CC2CCCN2)CCCN1. The van der Waals surface area contributed by atoms with Crippen molar-refractivity contribution in [2.24, 2.45) is 0 Å². The number of ether oxygens (including phenoxy) is 1. The van der Waals surface area contributed by atoms with Crippen molar-refractivity contribution in [3.05, 3.63) is 0 Å². The van der Waals surface area contributed by atoms with Crippen molar-refractivity contribution < 1.29 is 4.74 Å². The summed E-state index contributed by atoms with van der Waals surface area (Å²) in [5.41, 5.74) is 0.275. The van der Waals surface area contributed by atoms with E-state index in [9.17, 15) is 0 Å². The van der Waals surface area contributed by atoms with Gasteiger partial charge in [0, 0.05) is 18.7 Å². The van der Waals surface area contributed by atoms with Crippen molar-refractivity contribution in [1.82, 2.24) is 10.6 Å². The van der Waals surface area contributed by atoms with Gasteiger partial charge in [0.2, 0.25) is 0 Å². The summed E-state index contributed by atoms with van der Waals surface area (Å²) in [7, 11) is 1.81. The van der Waals surface area contributed by atoms with E-state index >= 15 is 0 Å². The summed E-state index contributed by atoms with van der Waals surface area (Å²) in [4.78, 5) is 0. The van der Waals surface area contributed by atoms with E-state index in [4.69, 9.17) is 4.74 Å². The first-order chi connectivity index (χ1) is 6.85. The molecule has 2 fully saturated rings. The summed E-state index contributed by atoms with van der Waals surface area (Å²) >= 11 is 0. The lowest BCUT2D eigenvalue weighted by atomic mass is 9.89. The highest BCUT2D eigenvalue weighted by molar-refractivity contribution is 4.97. The van der Waals surface area contributed by atoms with Crippen LogP contribution in [0.4, 0.5) is 0 Å². The molecule has 0 aromatic carbocycles. The Hall–Kier alpha value is -0.120. The Kier molecular flexibility index (Phi) is 3.42. The normalized spacial score (nSPS) is 37.9. The lowest BCUT2D eigenvalue weighted by Crippen LogP contribution is -2.48. The second-order valence-electron chi connectivity index (χ2n) is 4.74. The summed E-state index contributed by atoms with van der Waals surface area (Å²) in [5, 5.41) is 7.20. The van der Waals surface area contributed by atoms with Gasteiger partial charge >= 0.3 is 0 Å². The van der Waals surface area contributed by atoms with Crippen LogP contribution >= 0.6 is 0 Å². The fourth-order valence-electron chi connectivity index (χ4n) is 2.90. The van der Waals surface area contributed by atoms with Crippen LogP contribution in [-0.4, -0.2) is 38.4 Å². The van der Waals surface area contributed by atoms with Crippen molar-refractivity contribution >= 4 is 0 Å². The zero-order chi connectivity index (χ0) is 9.86. The zero-order valence-electron chi connectivity index (χ0n) is 9.14. The van der Waals surface area contributed by atoms with Crippen LogP contribution in [0.15, 0.2) is 0 Å². The van der Waals surface area contributed by atoms with E-state index in [2.05, 4.69) is 10.6 Å². The van der Waals surface area contributed by atoms with Crippen molar-refractivity contribution in [2.45, 2.75) is 43.7 Å². The molecule has 3 nitrogen and oxygen atoms in total. The summed E-state index contributed by atoms with van der Waals surface area (Å²) in [5.74, 6) is 0. The van der Waals surface area contributed by atoms with E-state index in [1.807, 2.05) is 7.11 Å². The third-order valence-corrected chi connectivity index (χ3v) is 3.55. The molecule has 2 atom stereocenters. The summed E-state index contributed by atoms with van der Waals surface area (Å²) < 4.78 is 5.35. The lowest BCUT2D eigenvalue weighted by molar-refractivity contribution is 0.108. The van der Waals surface area contributed by atoms with Crippen LogP contribution in [0.25, 0.3) is 0 Å². The Bertz CT molecular complexity index is 172. The molecule has 0 spiro atoms. The van der Waals surface area contributed by atoms with Crippen molar-refractivity contribution in [1.29, 1.82) is 0 Å². The molecule has 2 unspecified atom stereocenters. The van der Waals surface area contributed by atoms with Crippen LogP contribution in [0.2, 0.25) is 0 Å². The Morgan fingerprint density at radius 1 is 1.36 bits per heavy atom. The molecule has 0 aromatic heterocycles. The van der Waals surface area contributed by atoms with E-state index in [-0.39, 0.29) is 5.54 Å². The first-order valence-corrected chi connectivity index (χ1v) is 5.82. The molecule has 3 heteroatoms. The molecule has 0 aromatic rings. The average Bonchev–Trinajstić information content (AvgIpc) is 2.78. The molecule has 0 bridgehead atoms. The number of hydrogen-bond donors (Lipinski definition) is 2. The highest BCUT2D eigenvalue weighted by Gasteiger charge is 2.36. The number of hydrogen-bond acceptors (Lipinski definition) is 3. The largest absolute Gasteiger partial charge is 0.383 e. The molecular weight excluding hydrogens is 176 g/mol. The molecule has 0 saturated carbocycles. The second kappa shape index (κ2) is 4.60.